The summed E-state index contributed by atoms with van der Waals surface area (Å²) in [5, 5.41) is 15.7. The molecule has 0 bridgehead atoms. The molecular weight excluding hydrogens is 172 g/mol. The third-order valence-electron chi connectivity index (χ3n) is 2.22. The molecule has 0 fully saturated rings. The zero-order valence-corrected chi connectivity index (χ0v) is 8.13. The Morgan fingerprint density at radius 3 is 1.75 bits per heavy atom. The van der Waals surface area contributed by atoms with E-state index < -0.39 is 0 Å². The summed E-state index contributed by atoms with van der Waals surface area (Å²) in [6.07, 6.45) is 0. The third-order valence-corrected chi connectivity index (χ3v) is 2.79. The molecule has 1 aliphatic carbocycles. The Morgan fingerprint density at radius 1 is 0.833 bits per heavy atom. The predicted molar refractivity (Wildman–Crippen MR) is 52.4 cm³/mol. The standard InChI is InChI=1S/C9H11ClN2/c1-4-5(2)8(11)9(12)6(3)7(4)10/h11-12H,1-3H3. The van der Waals surface area contributed by atoms with E-state index >= 15 is 0 Å². The van der Waals surface area contributed by atoms with Crippen LogP contribution >= 0.6 is 11.6 Å². The van der Waals surface area contributed by atoms with Crippen molar-refractivity contribution < 1.29 is 0 Å². The van der Waals surface area contributed by atoms with E-state index in [1.807, 2.05) is 13.8 Å². The van der Waals surface area contributed by atoms with Gasteiger partial charge in [0.15, 0.2) is 0 Å². The lowest BCUT2D eigenvalue weighted by atomic mass is 9.91. The fraction of sp³-hybridized carbons (Fsp3) is 0.333. The Balaban J connectivity index is 3.37. The predicted octanol–water partition coefficient (Wildman–Crippen LogP) is 2.89. The Kier molecular flexibility index (Phi) is 2.20. The molecular formula is C9H11ClN2. The van der Waals surface area contributed by atoms with Crippen LogP contribution in [-0.2, 0) is 0 Å². The normalized spacial score (nSPS) is 19.3. The van der Waals surface area contributed by atoms with Gasteiger partial charge in [-0.2, -0.15) is 0 Å². The lowest BCUT2D eigenvalue weighted by molar-refractivity contribution is 1.30. The van der Waals surface area contributed by atoms with Crippen molar-refractivity contribution in [2.75, 3.05) is 0 Å². The molecule has 0 spiro atoms. The van der Waals surface area contributed by atoms with Crippen LogP contribution in [0, 0.1) is 10.8 Å². The van der Waals surface area contributed by atoms with E-state index in [4.69, 9.17) is 22.4 Å². The highest BCUT2D eigenvalue weighted by Crippen LogP contribution is 2.28. The van der Waals surface area contributed by atoms with Gasteiger partial charge in [0.1, 0.15) is 0 Å². The van der Waals surface area contributed by atoms with Gasteiger partial charge < -0.3 is 0 Å². The van der Waals surface area contributed by atoms with Crippen molar-refractivity contribution in [3.8, 4) is 0 Å². The fourth-order valence-electron chi connectivity index (χ4n) is 1.12. The van der Waals surface area contributed by atoms with Crippen LogP contribution in [0.5, 0.6) is 0 Å². The fourth-order valence-corrected chi connectivity index (χ4v) is 1.35. The van der Waals surface area contributed by atoms with Crippen molar-refractivity contribution in [1.82, 2.24) is 0 Å². The summed E-state index contributed by atoms with van der Waals surface area (Å²) in [6, 6.07) is 0. The monoisotopic (exact) mass is 182 g/mol. The molecule has 0 saturated heterocycles. The maximum atomic E-state index is 7.58. The Hall–Kier alpha value is -0.890. The zero-order chi connectivity index (χ0) is 9.46. The Morgan fingerprint density at radius 2 is 1.25 bits per heavy atom. The topological polar surface area (TPSA) is 47.7 Å². The maximum Gasteiger partial charge on any atom is 0.0836 e. The number of allylic oxidation sites excluding steroid dienone is 4. The highest BCUT2D eigenvalue weighted by Gasteiger charge is 2.21. The second-order valence-electron chi connectivity index (χ2n) is 2.94. The van der Waals surface area contributed by atoms with Gasteiger partial charge in [0.2, 0.25) is 0 Å². The van der Waals surface area contributed by atoms with Gasteiger partial charge in [-0.1, -0.05) is 11.6 Å². The second-order valence-corrected chi connectivity index (χ2v) is 3.32. The first-order chi connectivity index (χ1) is 5.46. The van der Waals surface area contributed by atoms with Gasteiger partial charge in [0, 0.05) is 5.03 Å². The molecule has 0 unspecified atom stereocenters. The van der Waals surface area contributed by atoms with Crippen molar-refractivity contribution >= 4 is 23.0 Å². The van der Waals surface area contributed by atoms with Crippen molar-refractivity contribution in [3.63, 3.8) is 0 Å². The molecule has 12 heavy (non-hydrogen) atoms. The quantitative estimate of drug-likeness (QED) is 0.542. The van der Waals surface area contributed by atoms with Gasteiger partial charge in [0.25, 0.3) is 0 Å². The van der Waals surface area contributed by atoms with Crippen LogP contribution in [0.25, 0.3) is 0 Å². The van der Waals surface area contributed by atoms with Crippen molar-refractivity contribution in [1.29, 1.82) is 10.8 Å². The molecule has 1 aliphatic rings. The largest absolute Gasteiger partial charge is 0.298 e. The molecule has 0 heterocycles. The first kappa shape index (κ1) is 9.20. The van der Waals surface area contributed by atoms with Crippen molar-refractivity contribution in [2.24, 2.45) is 0 Å². The molecule has 0 aromatic carbocycles. The van der Waals surface area contributed by atoms with Crippen LogP contribution < -0.4 is 0 Å². The lowest BCUT2D eigenvalue weighted by Crippen LogP contribution is -2.20. The van der Waals surface area contributed by atoms with Gasteiger partial charge in [0.05, 0.1) is 11.4 Å². The van der Waals surface area contributed by atoms with E-state index in [0.29, 0.717) is 10.6 Å². The highest BCUT2D eigenvalue weighted by molar-refractivity contribution is 6.55. The highest BCUT2D eigenvalue weighted by atomic mass is 35.5. The minimum Gasteiger partial charge on any atom is -0.298 e. The summed E-state index contributed by atoms with van der Waals surface area (Å²) in [6.45, 7) is 5.47. The van der Waals surface area contributed by atoms with E-state index in [0.717, 1.165) is 11.1 Å². The molecule has 0 radical (unpaired) electrons. The molecule has 1 rings (SSSR count). The number of rotatable bonds is 0. The lowest BCUT2D eigenvalue weighted by Gasteiger charge is -2.18. The Bertz CT molecular complexity index is 285. The van der Waals surface area contributed by atoms with Gasteiger partial charge in [-0.05, 0) is 37.5 Å². The smallest absolute Gasteiger partial charge is 0.0836 e. The average molecular weight is 183 g/mol. The van der Waals surface area contributed by atoms with Crippen LogP contribution in [0.4, 0.5) is 0 Å². The zero-order valence-electron chi connectivity index (χ0n) is 7.38. The average Bonchev–Trinajstić information content (AvgIpc) is 2.08. The van der Waals surface area contributed by atoms with Crippen molar-refractivity contribution in [3.05, 3.63) is 21.8 Å². The third kappa shape index (κ3) is 1.12. The number of hydrogen-bond acceptors (Lipinski definition) is 2. The van der Waals surface area contributed by atoms with E-state index in [1.165, 1.54) is 0 Å². The molecule has 0 saturated carbocycles. The first-order valence-corrected chi connectivity index (χ1v) is 4.07. The van der Waals surface area contributed by atoms with E-state index in [1.54, 1.807) is 6.92 Å². The molecule has 0 aromatic rings. The van der Waals surface area contributed by atoms with Crippen molar-refractivity contribution in [2.45, 2.75) is 20.8 Å². The second kappa shape index (κ2) is 2.87. The molecule has 0 atom stereocenters. The van der Waals surface area contributed by atoms with Gasteiger partial charge in [-0.15, -0.1) is 0 Å². The summed E-state index contributed by atoms with van der Waals surface area (Å²) in [4.78, 5) is 0. The SMILES string of the molecule is CC1=C(C)C(Cl)=C(C)C(=N)C1=N. The van der Waals surface area contributed by atoms with E-state index in [-0.39, 0.29) is 11.4 Å². The number of halogens is 1. The summed E-state index contributed by atoms with van der Waals surface area (Å²) in [7, 11) is 0. The van der Waals surface area contributed by atoms with Gasteiger partial charge >= 0.3 is 0 Å². The minimum absolute atomic E-state index is 0.239. The molecule has 2 nitrogen and oxygen atoms in total. The number of nitrogens with one attached hydrogen (secondary N) is 2. The van der Waals surface area contributed by atoms with Crippen LogP contribution in [0.1, 0.15) is 20.8 Å². The summed E-state index contributed by atoms with van der Waals surface area (Å²) in [5.74, 6) is 0. The first-order valence-electron chi connectivity index (χ1n) is 3.69. The summed E-state index contributed by atoms with van der Waals surface area (Å²) in [5.41, 5.74) is 2.94. The van der Waals surface area contributed by atoms with Crippen LogP contribution in [0.3, 0.4) is 0 Å². The van der Waals surface area contributed by atoms with Crippen LogP contribution in [-0.4, -0.2) is 11.4 Å². The molecule has 0 amide bonds. The molecule has 0 aliphatic heterocycles. The van der Waals surface area contributed by atoms with Gasteiger partial charge in [-0.25, -0.2) is 0 Å². The molecule has 3 heteroatoms. The maximum absolute atomic E-state index is 7.58. The minimum atomic E-state index is 0.239. The van der Waals surface area contributed by atoms with E-state index in [2.05, 4.69) is 0 Å². The number of hydrogen-bond donors (Lipinski definition) is 2. The van der Waals surface area contributed by atoms with Gasteiger partial charge in [-0.3, -0.25) is 10.8 Å². The molecule has 0 aromatic heterocycles. The Labute approximate surface area is 76.9 Å². The summed E-state index contributed by atoms with van der Waals surface area (Å²) < 4.78 is 0. The van der Waals surface area contributed by atoms with Crippen LogP contribution in [0.15, 0.2) is 21.8 Å². The molecule has 2 N–H and O–H groups in total. The molecule has 64 valence electrons. The van der Waals surface area contributed by atoms with Crippen LogP contribution in [0.2, 0.25) is 0 Å². The van der Waals surface area contributed by atoms with E-state index in [9.17, 15) is 0 Å². The summed E-state index contributed by atoms with van der Waals surface area (Å²) >= 11 is 5.96.